The monoisotopic (exact) mass is 239 g/mol. The highest BCUT2D eigenvalue weighted by Crippen LogP contribution is 2.13. The number of carboxylic acid groups (broad SMARTS) is 1. The molecule has 0 fully saturated rings. The lowest BCUT2D eigenvalue weighted by Gasteiger charge is -2.13. The molecule has 0 amide bonds. The minimum absolute atomic E-state index is 0.449. The Bertz CT molecular complexity index is 371. The quantitative estimate of drug-likeness (QED) is 0.750. The molecule has 94 valence electrons. The number of hydrogen-bond acceptors (Lipinski definition) is 5. The predicted octanol–water partition coefficient (Wildman–Crippen LogP) is 1.54. The van der Waals surface area contributed by atoms with E-state index in [9.17, 15) is 4.79 Å². The molecule has 0 radical (unpaired) electrons. The van der Waals surface area contributed by atoms with Crippen LogP contribution in [-0.2, 0) is 4.79 Å². The first-order valence-electron chi connectivity index (χ1n) is 5.61. The third-order valence-corrected chi connectivity index (χ3v) is 2.12. The number of ether oxygens (including phenoxy) is 1. The summed E-state index contributed by atoms with van der Waals surface area (Å²) in [6.45, 7) is 4.37. The Morgan fingerprint density at radius 3 is 2.88 bits per heavy atom. The number of rotatable bonds is 7. The first kappa shape index (κ1) is 13.2. The molecule has 1 atom stereocenters. The van der Waals surface area contributed by atoms with Crippen molar-refractivity contribution in [3.63, 3.8) is 0 Å². The molecule has 6 heteroatoms. The number of hydrogen-bond donors (Lipinski definition) is 2. The van der Waals surface area contributed by atoms with Crippen LogP contribution >= 0.6 is 0 Å². The highest BCUT2D eigenvalue weighted by Gasteiger charge is 2.15. The number of aliphatic carboxylic acids is 1. The van der Waals surface area contributed by atoms with Crippen LogP contribution in [0, 0.1) is 0 Å². The topological polar surface area (TPSA) is 84.3 Å². The fourth-order valence-electron chi connectivity index (χ4n) is 1.22. The van der Waals surface area contributed by atoms with Crippen LogP contribution in [0.4, 0.5) is 5.82 Å². The molecule has 1 heterocycles. The lowest BCUT2D eigenvalue weighted by Crippen LogP contribution is -2.28. The Kier molecular flexibility index (Phi) is 5.19. The van der Waals surface area contributed by atoms with Gasteiger partial charge in [0, 0.05) is 6.07 Å². The first-order chi connectivity index (χ1) is 8.17. The molecule has 0 aromatic carbocycles. The zero-order valence-electron chi connectivity index (χ0n) is 10.0. The first-order valence-corrected chi connectivity index (χ1v) is 5.61. The van der Waals surface area contributed by atoms with E-state index in [0.717, 1.165) is 6.42 Å². The summed E-state index contributed by atoms with van der Waals surface area (Å²) in [5.74, 6) is 0.00656. The van der Waals surface area contributed by atoms with Gasteiger partial charge < -0.3 is 15.2 Å². The van der Waals surface area contributed by atoms with Crippen molar-refractivity contribution in [1.29, 1.82) is 0 Å². The Labute approximate surface area is 100 Å². The van der Waals surface area contributed by atoms with E-state index in [-0.39, 0.29) is 0 Å². The van der Waals surface area contributed by atoms with Crippen LogP contribution in [0.5, 0.6) is 5.88 Å². The van der Waals surface area contributed by atoms with Gasteiger partial charge in [-0.1, -0.05) is 13.8 Å². The van der Waals surface area contributed by atoms with Crippen molar-refractivity contribution in [3.8, 4) is 5.88 Å². The van der Waals surface area contributed by atoms with E-state index >= 15 is 0 Å². The summed E-state index contributed by atoms with van der Waals surface area (Å²) < 4.78 is 5.33. The van der Waals surface area contributed by atoms with E-state index < -0.39 is 12.0 Å². The molecule has 2 N–H and O–H groups in total. The maximum atomic E-state index is 10.9. The van der Waals surface area contributed by atoms with Gasteiger partial charge in [0.05, 0.1) is 6.61 Å². The highest BCUT2D eigenvalue weighted by molar-refractivity contribution is 5.76. The number of nitrogens with one attached hydrogen (secondary N) is 1. The molecular formula is C11H17N3O3. The van der Waals surface area contributed by atoms with Gasteiger partial charge in [-0.15, -0.1) is 0 Å². The number of carbonyl (C=O) groups is 1. The summed E-state index contributed by atoms with van der Waals surface area (Å²) in [7, 11) is 0. The van der Waals surface area contributed by atoms with Gasteiger partial charge in [-0.05, 0) is 12.8 Å². The van der Waals surface area contributed by atoms with Crippen LogP contribution in [0.15, 0.2) is 12.4 Å². The van der Waals surface area contributed by atoms with Gasteiger partial charge in [-0.2, -0.15) is 0 Å². The van der Waals surface area contributed by atoms with Gasteiger partial charge in [-0.25, -0.2) is 14.8 Å². The molecule has 0 spiro atoms. The number of nitrogens with zero attached hydrogens (tertiary/aromatic N) is 2. The molecule has 0 aliphatic heterocycles. The Hall–Kier alpha value is -1.85. The van der Waals surface area contributed by atoms with Crippen LogP contribution in [0.1, 0.15) is 26.7 Å². The Balaban J connectivity index is 2.67. The maximum absolute atomic E-state index is 10.9. The molecule has 0 saturated carbocycles. The SMILES string of the molecule is CCCOc1cc(NC(CC)C(=O)O)ncn1. The van der Waals surface area contributed by atoms with Crippen LogP contribution in [0.25, 0.3) is 0 Å². The van der Waals surface area contributed by atoms with E-state index in [4.69, 9.17) is 9.84 Å². The zero-order chi connectivity index (χ0) is 12.7. The normalized spacial score (nSPS) is 11.9. The van der Waals surface area contributed by atoms with Gasteiger partial charge in [0.2, 0.25) is 5.88 Å². The summed E-state index contributed by atoms with van der Waals surface area (Å²) in [4.78, 5) is 18.7. The molecule has 0 bridgehead atoms. The van der Waals surface area contributed by atoms with Gasteiger partial charge in [-0.3, -0.25) is 0 Å². The van der Waals surface area contributed by atoms with Crippen molar-refractivity contribution in [2.75, 3.05) is 11.9 Å². The molecule has 1 aromatic heterocycles. The van der Waals surface area contributed by atoms with E-state index in [0.29, 0.717) is 24.7 Å². The van der Waals surface area contributed by atoms with Crippen molar-refractivity contribution >= 4 is 11.8 Å². The van der Waals surface area contributed by atoms with Crippen LogP contribution in [0.3, 0.4) is 0 Å². The van der Waals surface area contributed by atoms with Gasteiger partial charge >= 0.3 is 5.97 Å². The molecule has 1 rings (SSSR count). The molecular weight excluding hydrogens is 222 g/mol. The fourth-order valence-corrected chi connectivity index (χ4v) is 1.22. The van der Waals surface area contributed by atoms with Crippen molar-refractivity contribution < 1.29 is 14.6 Å². The van der Waals surface area contributed by atoms with Crippen molar-refractivity contribution in [1.82, 2.24) is 9.97 Å². The number of anilines is 1. The summed E-state index contributed by atoms with van der Waals surface area (Å²) in [5.41, 5.74) is 0. The van der Waals surface area contributed by atoms with Gasteiger partial charge in [0.1, 0.15) is 18.2 Å². The predicted molar refractivity (Wildman–Crippen MR) is 63.2 cm³/mol. The minimum atomic E-state index is -0.901. The molecule has 0 aliphatic carbocycles. The average molecular weight is 239 g/mol. The fraction of sp³-hybridized carbons (Fsp3) is 0.545. The van der Waals surface area contributed by atoms with Crippen molar-refractivity contribution in [3.05, 3.63) is 12.4 Å². The second-order valence-corrected chi connectivity index (χ2v) is 3.53. The molecule has 0 aliphatic rings. The second kappa shape index (κ2) is 6.67. The molecule has 6 nitrogen and oxygen atoms in total. The third kappa shape index (κ3) is 4.26. The average Bonchev–Trinajstić information content (AvgIpc) is 2.33. The zero-order valence-corrected chi connectivity index (χ0v) is 10.0. The number of carboxylic acids is 1. The van der Waals surface area contributed by atoms with E-state index in [2.05, 4.69) is 15.3 Å². The van der Waals surface area contributed by atoms with Crippen molar-refractivity contribution in [2.45, 2.75) is 32.7 Å². The minimum Gasteiger partial charge on any atom is -0.480 e. The lowest BCUT2D eigenvalue weighted by molar-refractivity contribution is -0.137. The lowest BCUT2D eigenvalue weighted by atomic mass is 10.2. The summed E-state index contributed by atoms with van der Waals surface area (Å²) in [5, 5.41) is 11.7. The second-order valence-electron chi connectivity index (χ2n) is 3.53. The molecule has 0 saturated heterocycles. The number of aromatic nitrogens is 2. The Morgan fingerprint density at radius 2 is 2.29 bits per heavy atom. The molecule has 1 aromatic rings. The smallest absolute Gasteiger partial charge is 0.326 e. The summed E-state index contributed by atoms with van der Waals surface area (Å²) >= 11 is 0. The molecule has 1 unspecified atom stereocenters. The summed E-state index contributed by atoms with van der Waals surface area (Å²) in [6.07, 6.45) is 2.71. The van der Waals surface area contributed by atoms with Crippen LogP contribution in [0.2, 0.25) is 0 Å². The standard InChI is InChI=1S/C11H17N3O3/c1-3-5-17-10-6-9(12-7-13-10)14-8(4-2)11(15)16/h6-8H,3-5H2,1-2H3,(H,15,16)(H,12,13,14). The van der Waals surface area contributed by atoms with E-state index in [1.807, 2.05) is 6.92 Å². The molecule has 17 heavy (non-hydrogen) atoms. The van der Waals surface area contributed by atoms with Gasteiger partial charge in [0.25, 0.3) is 0 Å². The van der Waals surface area contributed by atoms with Crippen LogP contribution in [-0.4, -0.2) is 33.7 Å². The Morgan fingerprint density at radius 1 is 1.53 bits per heavy atom. The van der Waals surface area contributed by atoms with Gasteiger partial charge in [0.15, 0.2) is 0 Å². The largest absolute Gasteiger partial charge is 0.480 e. The van der Waals surface area contributed by atoms with Crippen LogP contribution < -0.4 is 10.1 Å². The van der Waals surface area contributed by atoms with Crippen molar-refractivity contribution in [2.24, 2.45) is 0 Å². The highest BCUT2D eigenvalue weighted by atomic mass is 16.5. The summed E-state index contributed by atoms with van der Waals surface area (Å²) in [6, 6.07) is 0.949. The van der Waals surface area contributed by atoms with E-state index in [1.165, 1.54) is 6.33 Å². The maximum Gasteiger partial charge on any atom is 0.326 e. The van der Waals surface area contributed by atoms with E-state index in [1.54, 1.807) is 13.0 Å². The third-order valence-electron chi connectivity index (χ3n) is 2.12.